The molecule has 98 valence electrons. The zero-order valence-corrected chi connectivity index (χ0v) is 11.5. The maximum Gasteiger partial charge on any atom is 0.350 e. The van der Waals surface area contributed by atoms with Gasteiger partial charge in [0.2, 0.25) is 0 Å². The van der Waals surface area contributed by atoms with E-state index in [-0.39, 0.29) is 6.29 Å². The van der Waals surface area contributed by atoms with Gasteiger partial charge in [0.25, 0.3) is 0 Å². The number of fused-ring (bicyclic) bond motifs is 1. The summed E-state index contributed by atoms with van der Waals surface area (Å²) in [4.78, 5) is 4.25. The SMILES string of the molecule is CCOP(=O)(Cn1cnc2ccccc21)OCC. The quantitative estimate of drug-likeness (QED) is 0.754. The van der Waals surface area contributed by atoms with Gasteiger partial charge in [0.05, 0.1) is 30.6 Å². The first kappa shape index (κ1) is 13.3. The molecule has 2 rings (SSSR count). The Kier molecular flexibility index (Phi) is 4.17. The van der Waals surface area contributed by atoms with Crippen LogP contribution in [0.4, 0.5) is 0 Å². The maximum absolute atomic E-state index is 12.4. The molecular formula is C12H17N2O3P. The highest BCUT2D eigenvalue weighted by Crippen LogP contribution is 2.50. The van der Waals surface area contributed by atoms with Crippen LogP contribution in [0, 0.1) is 0 Å². The van der Waals surface area contributed by atoms with Crippen molar-refractivity contribution < 1.29 is 13.6 Å². The number of imidazole rings is 1. The predicted octanol–water partition coefficient (Wildman–Crippen LogP) is 3.26. The molecule has 0 amide bonds. The first-order valence-corrected chi connectivity index (χ1v) is 7.69. The summed E-state index contributed by atoms with van der Waals surface area (Å²) in [5.41, 5.74) is 1.80. The summed E-state index contributed by atoms with van der Waals surface area (Å²) >= 11 is 0. The van der Waals surface area contributed by atoms with Crippen molar-refractivity contribution in [2.75, 3.05) is 13.2 Å². The molecule has 0 aliphatic rings. The van der Waals surface area contributed by atoms with Crippen LogP contribution in [-0.2, 0) is 19.9 Å². The Hall–Kier alpha value is -1.16. The smallest absolute Gasteiger partial charge is 0.318 e. The van der Waals surface area contributed by atoms with Crippen molar-refractivity contribution in [2.45, 2.75) is 20.1 Å². The van der Waals surface area contributed by atoms with E-state index in [0.717, 1.165) is 11.0 Å². The highest BCUT2D eigenvalue weighted by Gasteiger charge is 2.24. The van der Waals surface area contributed by atoms with Gasteiger partial charge in [0.15, 0.2) is 0 Å². The van der Waals surface area contributed by atoms with Gasteiger partial charge in [-0.25, -0.2) is 4.98 Å². The van der Waals surface area contributed by atoms with E-state index in [1.807, 2.05) is 24.3 Å². The lowest BCUT2D eigenvalue weighted by atomic mass is 10.3. The highest BCUT2D eigenvalue weighted by molar-refractivity contribution is 7.52. The Morgan fingerprint density at radius 3 is 2.56 bits per heavy atom. The number of aromatic nitrogens is 2. The van der Waals surface area contributed by atoms with E-state index in [1.165, 1.54) is 0 Å². The number of hydrogen-bond acceptors (Lipinski definition) is 4. The second-order valence-electron chi connectivity index (χ2n) is 3.79. The summed E-state index contributed by atoms with van der Waals surface area (Å²) in [6.45, 7) is 4.34. The van der Waals surface area contributed by atoms with Gasteiger partial charge in [0, 0.05) is 0 Å². The van der Waals surface area contributed by atoms with E-state index in [9.17, 15) is 4.57 Å². The summed E-state index contributed by atoms with van der Waals surface area (Å²) in [6, 6.07) is 7.69. The maximum atomic E-state index is 12.4. The molecule has 2 aromatic rings. The third-order valence-electron chi connectivity index (χ3n) is 2.50. The summed E-state index contributed by atoms with van der Waals surface area (Å²) in [5, 5.41) is 0. The van der Waals surface area contributed by atoms with Crippen molar-refractivity contribution in [2.24, 2.45) is 0 Å². The minimum Gasteiger partial charge on any atom is -0.318 e. The van der Waals surface area contributed by atoms with Crippen molar-refractivity contribution in [3.8, 4) is 0 Å². The molecule has 0 N–H and O–H groups in total. The number of hydrogen-bond donors (Lipinski definition) is 0. The van der Waals surface area contributed by atoms with Crippen LogP contribution in [0.1, 0.15) is 13.8 Å². The van der Waals surface area contributed by atoms with Crippen LogP contribution in [0.2, 0.25) is 0 Å². The van der Waals surface area contributed by atoms with Gasteiger partial charge in [-0.15, -0.1) is 0 Å². The van der Waals surface area contributed by atoms with Crippen LogP contribution >= 0.6 is 7.60 Å². The van der Waals surface area contributed by atoms with Gasteiger partial charge in [-0.1, -0.05) is 12.1 Å². The van der Waals surface area contributed by atoms with E-state index in [0.29, 0.717) is 13.2 Å². The fraction of sp³-hybridized carbons (Fsp3) is 0.417. The monoisotopic (exact) mass is 268 g/mol. The molecular weight excluding hydrogens is 251 g/mol. The minimum absolute atomic E-state index is 0.190. The molecule has 18 heavy (non-hydrogen) atoms. The van der Waals surface area contributed by atoms with E-state index in [2.05, 4.69) is 4.98 Å². The lowest BCUT2D eigenvalue weighted by Crippen LogP contribution is -2.04. The van der Waals surface area contributed by atoms with Gasteiger partial charge in [-0.3, -0.25) is 4.57 Å². The van der Waals surface area contributed by atoms with Crippen LogP contribution in [0.25, 0.3) is 11.0 Å². The van der Waals surface area contributed by atoms with Gasteiger partial charge in [0.1, 0.15) is 6.29 Å². The van der Waals surface area contributed by atoms with Crippen LogP contribution in [0.3, 0.4) is 0 Å². The average molecular weight is 268 g/mol. The molecule has 0 bridgehead atoms. The molecule has 0 radical (unpaired) electrons. The lowest BCUT2D eigenvalue weighted by molar-refractivity contribution is 0.214. The van der Waals surface area contributed by atoms with E-state index in [4.69, 9.17) is 9.05 Å². The van der Waals surface area contributed by atoms with Gasteiger partial charge in [-0.05, 0) is 26.0 Å². The predicted molar refractivity (Wildman–Crippen MR) is 70.6 cm³/mol. The molecule has 1 aromatic heterocycles. The number of benzene rings is 1. The summed E-state index contributed by atoms with van der Waals surface area (Å²) in [6.07, 6.45) is 1.85. The lowest BCUT2D eigenvalue weighted by Gasteiger charge is -2.17. The summed E-state index contributed by atoms with van der Waals surface area (Å²) in [7, 11) is -3.09. The van der Waals surface area contributed by atoms with Crippen LogP contribution in [0.5, 0.6) is 0 Å². The van der Waals surface area contributed by atoms with Crippen LogP contribution < -0.4 is 0 Å². The molecule has 5 nitrogen and oxygen atoms in total. The molecule has 0 aliphatic carbocycles. The van der Waals surface area contributed by atoms with Crippen molar-refractivity contribution in [3.63, 3.8) is 0 Å². The molecule has 6 heteroatoms. The average Bonchev–Trinajstić information content (AvgIpc) is 2.73. The van der Waals surface area contributed by atoms with Crippen LogP contribution in [0.15, 0.2) is 30.6 Å². The Morgan fingerprint density at radius 2 is 1.89 bits per heavy atom. The third kappa shape index (κ3) is 2.80. The van der Waals surface area contributed by atoms with Crippen molar-refractivity contribution in [1.82, 2.24) is 9.55 Å². The fourth-order valence-corrected chi connectivity index (χ4v) is 3.45. The second-order valence-corrected chi connectivity index (χ2v) is 5.81. The van der Waals surface area contributed by atoms with Crippen molar-refractivity contribution in [1.29, 1.82) is 0 Å². The van der Waals surface area contributed by atoms with Crippen LogP contribution in [-0.4, -0.2) is 22.8 Å². The van der Waals surface area contributed by atoms with Crippen molar-refractivity contribution >= 4 is 18.6 Å². The number of para-hydroxylation sites is 2. The number of nitrogens with zero attached hydrogens (tertiary/aromatic N) is 2. The first-order chi connectivity index (χ1) is 8.68. The van der Waals surface area contributed by atoms with Gasteiger partial charge >= 0.3 is 7.60 Å². The molecule has 0 fully saturated rings. The highest BCUT2D eigenvalue weighted by atomic mass is 31.2. The zero-order valence-electron chi connectivity index (χ0n) is 10.6. The Morgan fingerprint density at radius 1 is 1.22 bits per heavy atom. The van der Waals surface area contributed by atoms with E-state index >= 15 is 0 Å². The third-order valence-corrected chi connectivity index (χ3v) is 4.46. The molecule has 0 aliphatic heterocycles. The molecule has 0 saturated carbocycles. The molecule has 0 spiro atoms. The van der Waals surface area contributed by atoms with Gasteiger partial charge in [-0.2, -0.15) is 0 Å². The standard InChI is InChI=1S/C12H17N2O3P/c1-3-16-18(15,17-4-2)10-14-9-13-11-7-5-6-8-12(11)14/h5-9H,3-4,10H2,1-2H3. The fourth-order valence-electron chi connectivity index (χ4n) is 1.82. The topological polar surface area (TPSA) is 53.4 Å². The normalized spacial score (nSPS) is 12.1. The Balaban J connectivity index is 2.29. The second kappa shape index (κ2) is 5.65. The molecule has 1 heterocycles. The largest absolute Gasteiger partial charge is 0.350 e. The Labute approximate surface area is 106 Å². The minimum atomic E-state index is -3.09. The first-order valence-electron chi connectivity index (χ1n) is 5.96. The molecule has 0 atom stereocenters. The molecule has 1 aromatic carbocycles. The molecule has 0 unspecified atom stereocenters. The van der Waals surface area contributed by atoms with E-state index in [1.54, 1.807) is 24.7 Å². The van der Waals surface area contributed by atoms with E-state index < -0.39 is 7.60 Å². The number of rotatable bonds is 6. The Bertz CT molecular complexity index is 557. The summed E-state index contributed by atoms with van der Waals surface area (Å²) in [5.74, 6) is 0. The van der Waals surface area contributed by atoms with Crippen molar-refractivity contribution in [3.05, 3.63) is 30.6 Å². The summed E-state index contributed by atoms with van der Waals surface area (Å²) < 4.78 is 24.8. The van der Waals surface area contributed by atoms with Gasteiger partial charge < -0.3 is 13.6 Å². The zero-order chi connectivity index (χ0) is 13.0. The molecule has 0 saturated heterocycles.